The summed E-state index contributed by atoms with van der Waals surface area (Å²) in [6, 6.07) is 8.26. The first-order chi connectivity index (χ1) is 7.79. The molecule has 0 aliphatic heterocycles. The van der Waals surface area contributed by atoms with E-state index in [1.165, 1.54) is 0 Å². The number of benzene rings is 1. The predicted octanol–water partition coefficient (Wildman–Crippen LogP) is 3.42. The lowest BCUT2D eigenvalue weighted by atomic mass is 10.0. The lowest BCUT2D eigenvalue weighted by Crippen LogP contribution is -2.22. The van der Waals surface area contributed by atoms with E-state index in [1.807, 2.05) is 25.1 Å². The van der Waals surface area contributed by atoms with E-state index < -0.39 is 0 Å². The highest BCUT2D eigenvalue weighted by Crippen LogP contribution is 2.24. The maximum atomic E-state index is 6.19. The zero-order chi connectivity index (χ0) is 11.8. The molecular weight excluding hydrogens is 222 g/mol. The number of hydrogen-bond donors (Lipinski definition) is 1. The van der Waals surface area contributed by atoms with Gasteiger partial charge in [-0.15, -0.1) is 0 Å². The van der Waals surface area contributed by atoms with Gasteiger partial charge in [0.25, 0.3) is 0 Å². The molecule has 16 heavy (non-hydrogen) atoms. The average molecular weight is 242 g/mol. The van der Waals surface area contributed by atoms with Crippen LogP contribution >= 0.6 is 11.6 Å². The Kier molecular flexibility index (Phi) is 6.46. The fraction of sp³-hybridized carbons (Fsp3) is 0.538. The molecule has 0 bridgehead atoms. The first kappa shape index (κ1) is 13.5. The molecule has 0 aliphatic rings. The summed E-state index contributed by atoms with van der Waals surface area (Å²) in [4.78, 5) is 0. The van der Waals surface area contributed by atoms with Gasteiger partial charge in [0.2, 0.25) is 0 Å². The van der Waals surface area contributed by atoms with E-state index in [0.29, 0.717) is 0 Å². The second-order valence-electron chi connectivity index (χ2n) is 3.62. The zero-order valence-electron chi connectivity index (χ0n) is 10.0. The normalized spacial score (nSPS) is 12.7. The van der Waals surface area contributed by atoms with Crippen molar-refractivity contribution in [2.24, 2.45) is 0 Å². The number of rotatable bonds is 7. The van der Waals surface area contributed by atoms with Crippen molar-refractivity contribution in [1.82, 2.24) is 5.32 Å². The second kappa shape index (κ2) is 7.66. The molecule has 1 aromatic rings. The Bertz CT molecular complexity index is 304. The Morgan fingerprint density at radius 2 is 2.06 bits per heavy atom. The van der Waals surface area contributed by atoms with E-state index in [9.17, 15) is 0 Å². The molecular formula is C13H20ClNO. The molecule has 0 amide bonds. The molecule has 0 aliphatic carbocycles. The molecule has 0 saturated heterocycles. The molecule has 1 unspecified atom stereocenters. The van der Waals surface area contributed by atoms with Gasteiger partial charge in [-0.1, -0.05) is 36.7 Å². The Morgan fingerprint density at radius 1 is 1.31 bits per heavy atom. The summed E-state index contributed by atoms with van der Waals surface area (Å²) in [6.45, 7) is 6.57. The van der Waals surface area contributed by atoms with Gasteiger partial charge in [-0.2, -0.15) is 0 Å². The number of hydrogen-bond acceptors (Lipinski definition) is 2. The summed E-state index contributed by atoms with van der Waals surface area (Å²) in [5.41, 5.74) is 1.16. The highest BCUT2D eigenvalue weighted by Gasteiger charge is 2.12. The maximum absolute atomic E-state index is 6.19. The monoisotopic (exact) mass is 241 g/mol. The summed E-state index contributed by atoms with van der Waals surface area (Å²) in [5, 5.41) is 4.26. The fourth-order valence-corrected chi connectivity index (χ4v) is 1.98. The molecule has 1 atom stereocenters. The van der Waals surface area contributed by atoms with Gasteiger partial charge in [-0.25, -0.2) is 0 Å². The minimum absolute atomic E-state index is 0.283. The molecule has 2 nitrogen and oxygen atoms in total. The van der Waals surface area contributed by atoms with Gasteiger partial charge in [0.05, 0.1) is 0 Å². The molecule has 0 saturated carbocycles. The predicted molar refractivity (Wildman–Crippen MR) is 69.0 cm³/mol. The fourth-order valence-electron chi connectivity index (χ4n) is 1.72. The standard InChI is InChI=1S/C13H20ClNO/c1-3-15-13(9-10-16-4-2)11-7-5-6-8-12(11)14/h5-8,13,15H,3-4,9-10H2,1-2H3. The van der Waals surface area contributed by atoms with Gasteiger partial charge >= 0.3 is 0 Å². The quantitative estimate of drug-likeness (QED) is 0.739. The van der Waals surface area contributed by atoms with E-state index in [1.54, 1.807) is 0 Å². The van der Waals surface area contributed by atoms with Crippen molar-refractivity contribution in [2.75, 3.05) is 19.8 Å². The van der Waals surface area contributed by atoms with Crippen LogP contribution in [0, 0.1) is 0 Å². The zero-order valence-corrected chi connectivity index (χ0v) is 10.8. The Morgan fingerprint density at radius 3 is 2.69 bits per heavy atom. The topological polar surface area (TPSA) is 21.3 Å². The van der Waals surface area contributed by atoms with E-state index in [2.05, 4.69) is 18.3 Å². The van der Waals surface area contributed by atoms with Crippen molar-refractivity contribution in [3.05, 3.63) is 34.9 Å². The number of ether oxygens (including phenoxy) is 1. The van der Waals surface area contributed by atoms with Crippen molar-refractivity contribution in [3.8, 4) is 0 Å². The molecule has 3 heteroatoms. The Balaban J connectivity index is 2.65. The minimum Gasteiger partial charge on any atom is -0.382 e. The lowest BCUT2D eigenvalue weighted by molar-refractivity contribution is 0.136. The summed E-state index contributed by atoms with van der Waals surface area (Å²) in [5.74, 6) is 0. The Labute approximate surface area is 103 Å². The van der Waals surface area contributed by atoms with Gasteiger partial charge in [0.15, 0.2) is 0 Å². The Hall–Kier alpha value is -0.570. The van der Waals surface area contributed by atoms with Crippen LogP contribution in [0.2, 0.25) is 5.02 Å². The molecule has 90 valence electrons. The van der Waals surface area contributed by atoms with Gasteiger partial charge in [0, 0.05) is 24.3 Å². The van der Waals surface area contributed by atoms with Crippen molar-refractivity contribution < 1.29 is 4.74 Å². The molecule has 1 N–H and O–H groups in total. The van der Waals surface area contributed by atoms with Crippen LogP contribution in [0.15, 0.2) is 24.3 Å². The molecule has 0 aromatic heterocycles. The molecule has 1 aromatic carbocycles. The molecule has 0 heterocycles. The summed E-state index contributed by atoms with van der Waals surface area (Å²) in [7, 11) is 0. The van der Waals surface area contributed by atoms with E-state index >= 15 is 0 Å². The van der Waals surface area contributed by atoms with Gasteiger partial charge < -0.3 is 10.1 Å². The molecule has 0 fully saturated rings. The molecule has 0 radical (unpaired) electrons. The average Bonchev–Trinajstić information content (AvgIpc) is 2.29. The van der Waals surface area contributed by atoms with E-state index in [0.717, 1.165) is 36.8 Å². The summed E-state index contributed by atoms with van der Waals surface area (Å²) < 4.78 is 5.39. The first-order valence-electron chi connectivity index (χ1n) is 5.85. The molecule has 1 rings (SSSR count). The van der Waals surface area contributed by atoms with Crippen LogP contribution in [0.5, 0.6) is 0 Å². The summed E-state index contributed by atoms with van der Waals surface area (Å²) >= 11 is 6.19. The third-order valence-electron chi connectivity index (χ3n) is 2.49. The highest BCUT2D eigenvalue weighted by molar-refractivity contribution is 6.31. The minimum atomic E-state index is 0.283. The maximum Gasteiger partial charge on any atom is 0.0484 e. The largest absolute Gasteiger partial charge is 0.382 e. The van der Waals surface area contributed by atoms with Crippen LogP contribution in [0.25, 0.3) is 0 Å². The second-order valence-corrected chi connectivity index (χ2v) is 4.02. The van der Waals surface area contributed by atoms with Crippen LogP contribution < -0.4 is 5.32 Å². The van der Waals surface area contributed by atoms with Crippen LogP contribution in [0.3, 0.4) is 0 Å². The van der Waals surface area contributed by atoms with E-state index in [4.69, 9.17) is 16.3 Å². The SMILES string of the molecule is CCNC(CCOCC)c1ccccc1Cl. The third-order valence-corrected chi connectivity index (χ3v) is 2.83. The lowest BCUT2D eigenvalue weighted by Gasteiger charge is -2.19. The third kappa shape index (κ3) is 4.12. The van der Waals surface area contributed by atoms with Gasteiger partial charge in [-0.3, -0.25) is 0 Å². The first-order valence-corrected chi connectivity index (χ1v) is 6.23. The smallest absolute Gasteiger partial charge is 0.0484 e. The van der Waals surface area contributed by atoms with Crippen molar-refractivity contribution in [1.29, 1.82) is 0 Å². The highest BCUT2D eigenvalue weighted by atomic mass is 35.5. The van der Waals surface area contributed by atoms with Crippen LogP contribution in [0.4, 0.5) is 0 Å². The number of nitrogens with one attached hydrogen (secondary N) is 1. The van der Waals surface area contributed by atoms with Crippen LogP contribution in [-0.2, 0) is 4.74 Å². The molecule has 0 spiro atoms. The van der Waals surface area contributed by atoms with Crippen LogP contribution in [0.1, 0.15) is 31.9 Å². The van der Waals surface area contributed by atoms with Crippen molar-refractivity contribution >= 4 is 11.6 Å². The van der Waals surface area contributed by atoms with Crippen LogP contribution in [-0.4, -0.2) is 19.8 Å². The summed E-state index contributed by atoms with van der Waals surface area (Å²) in [6.07, 6.45) is 0.950. The van der Waals surface area contributed by atoms with Crippen molar-refractivity contribution in [2.45, 2.75) is 26.3 Å². The van der Waals surface area contributed by atoms with Gasteiger partial charge in [0.1, 0.15) is 0 Å². The number of halogens is 1. The van der Waals surface area contributed by atoms with Gasteiger partial charge in [-0.05, 0) is 31.5 Å². The van der Waals surface area contributed by atoms with Crippen molar-refractivity contribution in [3.63, 3.8) is 0 Å². The van der Waals surface area contributed by atoms with E-state index in [-0.39, 0.29) is 6.04 Å².